The summed E-state index contributed by atoms with van der Waals surface area (Å²) >= 11 is 0. The number of piperazine rings is 1. The van der Waals surface area contributed by atoms with Crippen LogP contribution in [0.15, 0.2) is 67.0 Å². The van der Waals surface area contributed by atoms with Crippen molar-refractivity contribution in [2.45, 2.75) is 13.5 Å². The maximum absolute atomic E-state index is 12.9. The van der Waals surface area contributed by atoms with Crippen LogP contribution < -0.4 is 5.32 Å². The highest BCUT2D eigenvalue weighted by Crippen LogP contribution is 2.17. The maximum Gasteiger partial charge on any atom is 0.272 e. The minimum absolute atomic E-state index is 0.0425. The smallest absolute Gasteiger partial charge is 0.272 e. The predicted octanol–water partition coefficient (Wildman–Crippen LogP) is 3.49. The average molecular weight is 387 g/mol. The summed E-state index contributed by atoms with van der Waals surface area (Å²) in [4.78, 5) is 25.6. The van der Waals surface area contributed by atoms with Gasteiger partial charge < -0.3 is 10.2 Å². The number of benzene rings is 2. The van der Waals surface area contributed by atoms with Crippen LogP contribution in [0.2, 0.25) is 0 Å². The molecule has 0 aliphatic carbocycles. The van der Waals surface area contributed by atoms with E-state index in [1.54, 1.807) is 6.07 Å². The first kappa shape index (κ1) is 19.1. The number of nitrogens with zero attached hydrogens (tertiary/aromatic N) is 4. The van der Waals surface area contributed by atoms with Gasteiger partial charge in [-0.2, -0.15) is 0 Å². The van der Waals surface area contributed by atoms with E-state index in [4.69, 9.17) is 0 Å². The van der Waals surface area contributed by atoms with Crippen LogP contribution in [0, 0.1) is 6.92 Å². The van der Waals surface area contributed by atoms with Gasteiger partial charge in [0.25, 0.3) is 5.91 Å². The number of aromatic nitrogens is 2. The molecule has 4 rings (SSSR count). The molecule has 0 saturated carbocycles. The molecular weight excluding hydrogens is 362 g/mol. The zero-order chi connectivity index (χ0) is 20.1. The largest absolute Gasteiger partial charge is 0.340 e. The van der Waals surface area contributed by atoms with Crippen molar-refractivity contribution in [1.82, 2.24) is 19.8 Å². The molecule has 1 fully saturated rings. The first-order valence-electron chi connectivity index (χ1n) is 9.89. The Bertz CT molecular complexity index is 968. The third kappa shape index (κ3) is 4.97. The van der Waals surface area contributed by atoms with Crippen molar-refractivity contribution in [2.75, 3.05) is 31.5 Å². The fourth-order valence-electron chi connectivity index (χ4n) is 3.53. The van der Waals surface area contributed by atoms with Crippen LogP contribution in [-0.2, 0) is 6.54 Å². The zero-order valence-corrected chi connectivity index (χ0v) is 16.6. The Balaban J connectivity index is 1.36. The summed E-state index contributed by atoms with van der Waals surface area (Å²) < 4.78 is 0. The van der Waals surface area contributed by atoms with Crippen molar-refractivity contribution >= 4 is 17.4 Å². The molecule has 1 aliphatic heterocycles. The van der Waals surface area contributed by atoms with Gasteiger partial charge in [-0.1, -0.05) is 42.5 Å². The Hall–Kier alpha value is -3.25. The highest BCUT2D eigenvalue weighted by atomic mass is 16.2. The Morgan fingerprint density at radius 1 is 0.966 bits per heavy atom. The van der Waals surface area contributed by atoms with Gasteiger partial charge in [-0.15, -0.1) is 0 Å². The second-order valence-electron chi connectivity index (χ2n) is 7.34. The molecule has 6 nitrogen and oxygen atoms in total. The number of hydrogen-bond acceptors (Lipinski definition) is 5. The van der Waals surface area contributed by atoms with Crippen molar-refractivity contribution < 1.29 is 4.79 Å². The Labute approximate surface area is 171 Å². The SMILES string of the molecule is Cc1cccc(Nc2cc(C(=O)N3CCN(Cc4ccccc4)CC3)ncn2)c1. The van der Waals surface area contributed by atoms with Gasteiger partial charge in [0.15, 0.2) is 0 Å². The first-order valence-corrected chi connectivity index (χ1v) is 9.89. The molecule has 2 heterocycles. The second-order valence-corrected chi connectivity index (χ2v) is 7.34. The molecule has 0 bridgehead atoms. The highest BCUT2D eigenvalue weighted by Gasteiger charge is 2.23. The van der Waals surface area contributed by atoms with Gasteiger partial charge >= 0.3 is 0 Å². The van der Waals surface area contributed by atoms with Crippen molar-refractivity contribution in [3.63, 3.8) is 0 Å². The Kier molecular flexibility index (Phi) is 5.81. The van der Waals surface area contributed by atoms with Crippen molar-refractivity contribution in [3.8, 4) is 0 Å². The van der Waals surface area contributed by atoms with Crippen molar-refractivity contribution in [3.05, 3.63) is 83.8 Å². The van der Waals surface area contributed by atoms with Crippen molar-refractivity contribution in [2.24, 2.45) is 0 Å². The van der Waals surface area contributed by atoms with Gasteiger partial charge in [-0.3, -0.25) is 9.69 Å². The van der Waals surface area contributed by atoms with E-state index < -0.39 is 0 Å². The number of aryl methyl sites for hydroxylation is 1. The van der Waals surface area contributed by atoms with Crippen LogP contribution in [-0.4, -0.2) is 51.9 Å². The molecular formula is C23H25N5O. The molecule has 1 N–H and O–H groups in total. The van der Waals surface area contributed by atoms with Crippen molar-refractivity contribution in [1.29, 1.82) is 0 Å². The minimum atomic E-state index is -0.0425. The van der Waals surface area contributed by atoms with Gasteiger partial charge in [0.2, 0.25) is 0 Å². The summed E-state index contributed by atoms with van der Waals surface area (Å²) in [6, 6.07) is 20.2. The molecule has 1 aliphatic rings. The molecule has 2 aromatic carbocycles. The predicted molar refractivity (Wildman–Crippen MR) is 114 cm³/mol. The quantitative estimate of drug-likeness (QED) is 0.726. The minimum Gasteiger partial charge on any atom is -0.340 e. The number of amides is 1. The lowest BCUT2D eigenvalue weighted by Gasteiger charge is -2.34. The number of carbonyl (C=O) groups excluding carboxylic acids is 1. The van der Waals surface area contributed by atoms with Crippen LogP contribution in [0.5, 0.6) is 0 Å². The number of rotatable bonds is 5. The molecule has 0 atom stereocenters. The van der Waals surface area contributed by atoms with Gasteiger partial charge in [0.05, 0.1) is 0 Å². The third-order valence-electron chi connectivity index (χ3n) is 5.09. The number of carbonyl (C=O) groups is 1. The summed E-state index contributed by atoms with van der Waals surface area (Å²) in [5.74, 6) is 0.579. The number of hydrogen-bond donors (Lipinski definition) is 1. The second kappa shape index (κ2) is 8.84. The van der Waals surface area contributed by atoms with Crippen LogP contribution in [0.1, 0.15) is 21.6 Å². The molecule has 1 aromatic heterocycles. The Morgan fingerprint density at radius 3 is 2.52 bits per heavy atom. The molecule has 29 heavy (non-hydrogen) atoms. The average Bonchev–Trinajstić information content (AvgIpc) is 2.75. The van der Waals surface area contributed by atoms with Gasteiger partial charge in [0.1, 0.15) is 17.8 Å². The van der Waals surface area contributed by atoms with Crippen LogP contribution in [0.4, 0.5) is 11.5 Å². The molecule has 1 saturated heterocycles. The highest BCUT2D eigenvalue weighted by molar-refractivity contribution is 5.93. The van der Waals surface area contributed by atoms with E-state index in [1.807, 2.05) is 42.2 Å². The van der Waals surface area contributed by atoms with E-state index in [2.05, 4.69) is 44.5 Å². The number of nitrogens with one attached hydrogen (secondary N) is 1. The summed E-state index contributed by atoms with van der Waals surface area (Å²) in [5, 5.41) is 3.25. The monoisotopic (exact) mass is 387 g/mol. The fraction of sp³-hybridized carbons (Fsp3) is 0.261. The normalized spacial score (nSPS) is 14.6. The molecule has 148 valence electrons. The Morgan fingerprint density at radius 2 is 1.76 bits per heavy atom. The summed E-state index contributed by atoms with van der Waals surface area (Å²) in [5.41, 5.74) is 3.83. The van der Waals surface area contributed by atoms with Gasteiger partial charge in [-0.05, 0) is 30.2 Å². The summed E-state index contributed by atoms with van der Waals surface area (Å²) in [6.45, 7) is 6.09. The third-order valence-corrected chi connectivity index (χ3v) is 5.09. The van der Waals surface area contributed by atoms with E-state index in [1.165, 1.54) is 11.9 Å². The van der Waals surface area contributed by atoms with Gasteiger partial charge in [0, 0.05) is 44.5 Å². The topological polar surface area (TPSA) is 61.4 Å². The van der Waals surface area contributed by atoms with E-state index in [0.29, 0.717) is 24.6 Å². The van der Waals surface area contributed by atoms with E-state index in [-0.39, 0.29) is 5.91 Å². The lowest BCUT2D eigenvalue weighted by Crippen LogP contribution is -2.48. The molecule has 6 heteroatoms. The molecule has 1 amide bonds. The van der Waals surface area contributed by atoms with Gasteiger partial charge in [-0.25, -0.2) is 9.97 Å². The zero-order valence-electron chi connectivity index (χ0n) is 16.6. The van der Waals surface area contributed by atoms with E-state index >= 15 is 0 Å². The first-order chi connectivity index (χ1) is 14.2. The lowest BCUT2D eigenvalue weighted by molar-refractivity contribution is 0.0622. The molecule has 3 aromatic rings. The maximum atomic E-state index is 12.9. The standard InChI is InChI=1S/C23H25N5O/c1-18-6-5-9-20(14-18)26-22-15-21(24-17-25-22)23(29)28-12-10-27(11-13-28)16-19-7-3-2-4-8-19/h2-9,14-15,17H,10-13,16H2,1H3,(H,24,25,26). The van der Waals surface area contributed by atoms with E-state index in [0.717, 1.165) is 30.9 Å². The summed E-state index contributed by atoms with van der Waals surface area (Å²) in [7, 11) is 0. The van der Waals surface area contributed by atoms with Crippen LogP contribution >= 0.6 is 0 Å². The van der Waals surface area contributed by atoms with Crippen LogP contribution in [0.3, 0.4) is 0 Å². The summed E-state index contributed by atoms with van der Waals surface area (Å²) in [6.07, 6.45) is 1.44. The molecule has 0 spiro atoms. The fourth-order valence-corrected chi connectivity index (χ4v) is 3.53. The number of anilines is 2. The molecule has 0 unspecified atom stereocenters. The lowest BCUT2D eigenvalue weighted by atomic mass is 10.2. The van der Waals surface area contributed by atoms with E-state index in [9.17, 15) is 4.79 Å². The van der Waals surface area contributed by atoms with Crippen LogP contribution in [0.25, 0.3) is 0 Å². The molecule has 0 radical (unpaired) electrons.